The summed E-state index contributed by atoms with van der Waals surface area (Å²) < 4.78 is 198. The molecule has 18 aromatic carbocycles. The van der Waals surface area contributed by atoms with Crippen molar-refractivity contribution in [3.05, 3.63) is 459 Å². The number of nitrogens with zero attached hydrogens (tertiary/aromatic N) is 4. The van der Waals surface area contributed by atoms with Gasteiger partial charge in [0.2, 0.25) is 0 Å². The van der Waals surface area contributed by atoms with E-state index in [9.17, 15) is 16.4 Å². The third kappa shape index (κ3) is 12.5. The third-order valence-corrected chi connectivity index (χ3v) is 23.2. The van der Waals surface area contributed by atoms with Crippen LogP contribution in [0.15, 0.2) is 436 Å². The quantitative estimate of drug-likeness (QED) is 0.108. The van der Waals surface area contributed by atoms with E-state index in [0.29, 0.717) is 16.7 Å². The van der Waals surface area contributed by atoms with Crippen LogP contribution in [0.2, 0.25) is 0 Å². The van der Waals surface area contributed by atoms with Gasteiger partial charge in [-0.2, -0.15) is 0 Å². The number of aromatic nitrogens is 2. The fourth-order valence-electron chi connectivity index (χ4n) is 17.4. The van der Waals surface area contributed by atoms with Crippen molar-refractivity contribution in [1.29, 1.82) is 0 Å². The first-order valence-electron chi connectivity index (χ1n) is 49.8. The molecule has 0 aliphatic heterocycles. The van der Waals surface area contributed by atoms with Crippen molar-refractivity contribution < 1.29 is 28.8 Å². The molecule has 4 nitrogen and oxygen atoms in total. The van der Waals surface area contributed by atoms with E-state index in [1.807, 2.05) is 189 Å². The van der Waals surface area contributed by atoms with Crippen molar-refractivity contribution in [2.45, 2.75) is 38.5 Å². The maximum atomic E-state index is 10.1. The molecule has 0 N–H and O–H groups in total. The average Bonchev–Trinajstić information content (AvgIpc) is 1.71. The molecule has 0 spiro atoms. The highest BCUT2D eigenvalue weighted by Crippen LogP contribution is 2.54. The maximum absolute atomic E-state index is 10.1. The Morgan fingerprint density at radius 2 is 0.551 bits per heavy atom. The minimum atomic E-state index is -0.867. The van der Waals surface area contributed by atoms with Crippen LogP contribution >= 0.6 is 0 Å². The van der Waals surface area contributed by atoms with Gasteiger partial charge in [-0.3, -0.25) is 0 Å². The van der Waals surface area contributed by atoms with E-state index in [1.54, 1.807) is 18.2 Å². The molecule has 0 fully saturated rings. The Morgan fingerprint density at radius 3 is 1.02 bits per heavy atom. The zero-order valence-corrected chi connectivity index (χ0v) is 64.7. The van der Waals surface area contributed by atoms with E-state index in [0.717, 1.165) is 116 Å². The monoisotopic (exact) mass is 1530 g/mol. The van der Waals surface area contributed by atoms with Crippen molar-refractivity contribution in [2.24, 2.45) is 0 Å². The smallest absolute Gasteiger partial charge is 0.0651 e. The molecule has 2 aliphatic carbocycles. The van der Waals surface area contributed by atoms with Gasteiger partial charge in [-0.05, 0) is 245 Å². The number of rotatable bonds is 14. The van der Waals surface area contributed by atoms with Crippen molar-refractivity contribution in [1.82, 2.24) is 9.13 Å². The Morgan fingerprint density at radius 1 is 0.212 bits per heavy atom. The Kier molecular flexibility index (Phi) is 12.8. The van der Waals surface area contributed by atoms with Crippen LogP contribution in [0.3, 0.4) is 0 Å². The first-order valence-corrected chi connectivity index (χ1v) is 39.3. The second-order valence-electron chi connectivity index (χ2n) is 30.7. The highest BCUT2D eigenvalue weighted by atomic mass is 15.1. The molecule has 0 atom stereocenters. The van der Waals surface area contributed by atoms with Gasteiger partial charge in [0.25, 0.3) is 0 Å². The molecule has 0 radical (unpaired) electrons. The molecule has 2 heterocycles. The largest absolute Gasteiger partial charge is 0.310 e. The highest BCUT2D eigenvalue weighted by molar-refractivity contribution is 6.12. The van der Waals surface area contributed by atoms with E-state index in [1.165, 1.54) is 21.6 Å². The Hall–Kier alpha value is -14.8. The molecule has 0 saturated heterocycles. The zero-order valence-electron chi connectivity index (χ0n) is 85.7. The van der Waals surface area contributed by atoms with Crippen molar-refractivity contribution in [2.75, 3.05) is 9.80 Å². The summed E-state index contributed by atoms with van der Waals surface area (Å²) in [7, 11) is 0. The minimum absolute atomic E-state index is 0.0239. The summed E-state index contributed by atoms with van der Waals surface area (Å²) in [5, 5.41) is 3.69. The SMILES string of the molecule is [2H]c1c([2H])c(-c2ccc3c(c2)c2ccccc2n3-c2ccccc2)c([2H])c(N(c2ccc(-c3ccc(-c4ccccc4)cc3)cc2)c2ccc3c(c2)C(C)(C)c2ccccc2-3)c1[2H].[2H]c1c([2H])c([2H])c(-c2c([2H])c([2H])c(-c3c([2H])c([2H])c(N(c4ccc5c(c4)C(C)(C)c4ccccc4-5)c4c([2H])c([2H])c([2H])c(-c5ccc6c(c5)c5ccccc5n6-c5ccccc5)c4[2H])c([2H])c3[2H])c([2H])c2[2H])c([2H])c1[2H]. The van der Waals surface area contributed by atoms with Gasteiger partial charge in [-0.15, -0.1) is 0 Å². The first kappa shape index (κ1) is 51.8. The van der Waals surface area contributed by atoms with Crippen LogP contribution in [0.4, 0.5) is 34.1 Å². The number of benzene rings is 18. The predicted octanol–water partition coefficient (Wildman–Crippen LogP) is 31.1. The summed E-state index contributed by atoms with van der Waals surface area (Å²) in [6.07, 6.45) is 0. The summed E-state index contributed by atoms with van der Waals surface area (Å²) in [6, 6.07) is 89.9. The molecule has 20 aromatic rings. The lowest BCUT2D eigenvalue weighted by Gasteiger charge is -2.28. The fourth-order valence-corrected chi connectivity index (χ4v) is 17.4. The molecule has 22 rings (SSSR count). The van der Waals surface area contributed by atoms with E-state index < -0.39 is 136 Å². The number of hydrogen-bond donors (Lipinski definition) is 0. The molecular formula is C114H84N4. The van der Waals surface area contributed by atoms with Gasteiger partial charge in [0.15, 0.2) is 0 Å². The maximum Gasteiger partial charge on any atom is 0.0651 e. The van der Waals surface area contributed by atoms with E-state index in [4.69, 9.17) is 12.3 Å². The van der Waals surface area contributed by atoms with Gasteiger partial charge in [-0.25, -0.2) is 0 Å². The third-order valence-electron chi connectivity index (χ3n) is 23.2. The summed E-state index contributed by atoms with van der Waals surface area (Å²) in [5.74, 6) is 0. The topological polar surface area (TPSA) is 16.3 Å². The van der Waals surface area contributed by atoms with Gasteiger partial charge in [0.1, 0.15) is 0 Å². The number of fused-ring (bicyclic) bond motifs is 12. The van der Waals surface area contributed by atoms with E-state index >= 15 is 0 Å². The molecule has 560 valence electrons. The number of hydrogen-bond acceptors (Lipinski definition) is 2. The predicted molar refractivity (Wildman–Crippen MR) is 499 cm³/mol. The van der Waals surface area contributed by atoms with Gasteiger partial charge < -0.3 is 18.9 Å². The molecule has 0 saturated carbocycles. The molecular weight excluding hydrogens is 1430 g/mol. The molecule has 2 aromatic heterocycles. The van der Waals surface area contributed by atoms with Gasteiger partial charge >= 0.3 is 0 Å². The molecule has 118 heavy (non-hydrogen) atoms. The molecule has 0 bridgehead atoms. The summed E-state index contributed by atoms with van der Waals surface area (Å²) in [5.41, 5.74) is 17.6. The van der Waals surface area contributed by atoms with Crippen LogP contribution in [-0.4, -0.2) is 9.13 Å². The summed E-state index contributed by atoms with van der Waals surface area (Å²) in [4.78, 5) is 3.18. The molecule has 4 heteroatoms. The van der Waals surface area contributed by atoms with E-state index in [2.05, 4.69) is 144 Å². The van der Waals surface area contributed by atoms with Crippen LogP contribution in [0.5, 0.6) is 0 Å². The van der Waals surface area contributed by atoms with Crippen LogP contribution in [-0.2, 0) is 10.8 Å². The second-order valence-corrected chi connectivity index (χ2v) is 30.7. The average molecular weight is 1530 g/mol. The Balaban J connectivity index is 0.000000168. The lowest BCUT2D eigenvalue weighted by atomic mass is 9.82. The normalized spacial score (nSPS) is 15.2. The summed E-state index contributed by atoms with van der Waals surface area (Å²) in [6.45, 7) is 8.55. The highest BCUT2D eigenvalue weighted by Gasteiger charge is 2.38. The lowest BCUT2D eigenvalue weighted by molar-refractivity contribution is 0.660. The van der Waals surface area contributed by atoms with Crippen molar-refractivity contribution >= 4 is 77.7 Å². The number of para-hydroxylation sites is 4. The minimum Gasteiger partial charge on any atom is -0.310 e. The second kappa shape index (κ2) is 29.2. The van der Waals surface area contributed by atoms with Gasteiger partial charge in [0.05, 0.1) is 50.9 Å². The fraction of sp³-hybridized carbons (Fsp3) is 0.0526. The molecule has 0 amide bonds. The Labute approximate surface area is 719 Å². The van der Waals surface area contributed by atoms with Crippen LogP contribution in [0, 0.1) is 0 Å². The van der Waals surface area contributed by atoms with Crippen molar-refractivity contribution in [3.63, 3.8) is 0 Å². The standard InChI is InChI=1S/2C57H42N2/c2*1-57(2)53-22-11-9-20-49(53)50-34-33-48(38-54(50)57)58(46-31-28-42(29-32-46)41-26-24-40(25-27-41)39-14-5-3-6-15-39)47-19-13-16-43(36-47)44-30-35-56-52(37-44)51-21-10-12-23-55(51)59(56)45-17-7-4-8-18-45/h2*3-38H,1-2H3/i3D,5D,6D,13D,14D,15D,16D,19D,24D,25D,26D,27D,28D,29D,31D,32D,36D;13D,16D,19D,36D. The van der Waals surface area contributed by atoms with Gasteiger partial charge in [0, 0.05) is 77.9 Å². The number of anilines is 6. The van der Waals surface area contributed by atoms with Crippen molar-refractivity contribution in [3.8, 4) is 100 Å². The van der Waals surface area contributed by atoms with E-state index in [-0.39, 0.29) is 52.2 Å². The molecule has 0 unspecified atom stereocenters. The molecule has 2 aliphatic rings. The van der Waals surface area contributed by atoms with Crippen LogP contribution < -0.4 is 9.80 Å². The zero-order chi connectivity index (χ0) is 97.3. The van der Waals surface area contributed by atoms with Crippen LogP contribution in [0.1, 0.15) is 78.7 Å². The lowest BCUT2D eigenvalue weighted by Crippen LogP contribution is -2.16. The van der Waals surface area contributed by atoms with Crippen LogP contribution in [0.25, 0.3) is 144 Å². The van der Waals surface area contributed by atoms with Gasteiger partial charge in [-0.1, -0.05) is 331 Å². The first-order chi connectivity index (χ1) is 66.8. The Bertz CT molecular complexity index is 8490. The summed E-state index contributed by atoms with van der Waals surface area (Å²) >= 11 is 0.